The van der Waals surface area contributed by atoms with E-state index in [4.69, 9.17) is 15.7 Å². The maximum Gasteiger partial charge on any atom is 0.173 e. The van der Waals surface area contributed by atoms with Crippen LogP contribution in [-0.2, 0) is 0 Å². The molecule has 98 valence electrons. The lowest BCUT2D eigenvalue weighted by atomic mass is 10.2. The number of hydrogen-bond acceptors (Lipinski definition) is 4. The van der Waals surface area contributed by atoms with Gasteiger partial charge in [0.2, 0.25) is 0 Å². The molecule has 19 heavy (non-hydrogen) atoms. The van der Waals surface area contributed by atoms with Crippen LogP contribution in [0.1, 0.15) is 5.56 Å². The zero-order valence-corrected chi connectivity index (χ0v) is 11.1. The van der Waals surface area contributed by atoms with E-state index in [-0.39, 0.29) is 17.3 Å². The first-order valence-corrected chi connectivity index (χ1v) is 5.96. The molecule has 0 aliphatic carbocycles. The fraction of sp³-hybridized carbons (Fsp3) is 0. The van der Waals surface area contributed by atoms with Gasteiger partial charge in [0.15, 0.2) is 23.2 Å². The Labute approximate surface area is 116 Å². The van der Waals surface area contributed by atoms with Gasteiger partial charge in [-0.1, -0.05) is 21.1 Å². The average molecular weight is 326 g/mol. The molecule has 2 rings (SSSR count). The van der Waals surface area contributed by atoms with Gasteiger partial charge in [-0.25, -0.2) is 4.39 Å². The largest absolute Gasteiger partial charge is 0.452 e. The number of benzene rings is 1. The van der Waals surface area contributed by atoms with E-state index in [9.17, 15) is 4.39 Å². The van der Waals surface area contributed by atoms with E-state index >= 15 is 0 Å². The summed E-state index contributed by atoms with van der Waals surface area (Å²) in [6, 6.07) is 5.87. The number of rotatable bonds is 3. The number of nitrogens with zero attached hydrogens (tertiary/aromatic N) is 2. The number of pyridine rings is 1. The van der Waals surface area contributed by atoms with Gasteiger partial charge in [-0.05, 0) is 24.3 Å². The number of oxime groups is 1. The summed E-state index contributed by atoms with van der Waals surface area (Å²) in [7, 11) is 0. The molecule has 0 radical (unpaired) electrons. The van der Waals surface area contributed by atoms with E-state index in [0.29, 0.717) is 10.0 Å². The van der Waals surface area contributed by atoms with Gasteiger partial charge in [0.05, 0.1) is 11.8 Å². The van der Waals surface area contributed by atoms with Crippen molar-refractivity contribution in [1.82, 2.24) is 4.98 Å². The number of amidine groups is 1. The third-order valence-corrected chi connectivity index (χ3v) is 2.78. The predicted octanol–water partition coefficient (Wildman–Crippen LogP) is 2.87. The molecule has 2 aromatic rings. The molecule has 0 atom stereocenters. The van der Waals surface area contributed by atoms with Crippen LogP contribution in [0.25, 0.3) is 0 Å². The van der Waals surface area contributed by atoms with Crippen LogP contribution in [0.15, 0.2) is 46.3 Å². The van der Waals surface area contributed by atoms with Crippen molar-refractivity contribution in [2.45, 2.75) is 0 Å². The highest BCUT2D eigenvalue weighted by Gasteiger charge is 2.11. The van der Waals surface area contributed by atoms with Gasteiger partial charge in [-0.3, -0.25) is 4.98 Å². The second-order valence-corrected chi connectivity index (χ2v) is 4.45. The quantitative estimate of drug-likeness (QED) is 0.393. The first-order valence-electron chi connectivity index (χ1n) is 5.16. The molecule has 0 amide bonds. The van der Waals surface area contributed by atoms with Crippen LogP contribution in [0.5, 0.6) is 11.5 Å². The van der Waals surface area contributed by atoms with Crippen molar-refractivity contribution in [2.75, 3.05) is 0 Å². The summed E-state index contributed by atoms with van der Waals surface area (Å²) in [5.74, 6) is -0.471. The molecule has 7 heteroatoms. The topological polar surface area (TPSA) is 80.7 Å². The summed E-state index contributed by atoms with van der Waals surface area (Å²) in [4.78, 5) is 3.86. The van der Waals surface area contributed by atoms with Crippen LogP contribution in [0.2, 0.25) is 0 Å². The minimum Gasteiger partial charge on any atom is -0.452 e. The van der Waals surface area contributed by atoms with Gasteiger partial charge < -0.3 is 15.7 Å². The van der Waals surface area contributed by atoms with Gasteiger partial charge in [-0.15, -0.1) is 0 Å². The van der Waals surface area contributed by atoms with Gasteiger partial charge in [-0.2, -0.15) is 0 Å². The summed E-state index contributed by atoms with van der Waals surface area (Å²) in [6.45, 7) is 0. The third kappa shape index (κ3) is 3.00. The van der Waals surface area contributed by atoms with Crippen molar-refractivity contribution >= 4 is 21.8 Å². The maximum atomic E-state index is 13.7. The number of ether oxygens (including phenoxy) is 1. The number of halogens is 2. The Kier molecular flexibility index (Phi) is 3.96. The van der Waals surface area contributed by atoms with Crippen molar-refractivity contribution in [3.05, 3.63) is 52.5 Å². The lowest BCUT2D eigenvalue weighted by Gasteiger charge is -2.10. The van der Waals surface area contributed by atoms with E-state index in [2.05, 4.69) is 26.1 Å². The van der Waals surface area contributed by atoms with Crippen molar-refractivity contribution in [3.63, 3.8) is 0 Å². The highest BCUT2D eigenvalue weighted by molar-refractivity contribution is 9.10. The Hall–Kier alpha value is -2.15. The summed E-state index contributed by atoms with van der Waals surface area (Å²) in [5, 5.41) is 11.6. The molecule has 5 nitrogen and oxygen atoms in total. The lowest BCUT2D eigenvalue weighted by Crippen LogP contribution is -2.14. The highest BCUT2D eigenvalue weighted by Crippen LogP contribution is 2.28. The fourth-order valence-electron chi connectivity index (χ4n) is 1.40. The molecule has 1 heterocycles. The highest BCUT2D eigenvalue weighted by atomic mass is 79.9. The molecule has 0 aliphatic rings. The fourth-order valence-corrected chi connectivity index (χ4v) is 1.74. The minimum absolute atomic E-state index is 0.0168. The van der Waals surface area contributed by atoms with Crippen molar-refractivity contribution < 1.29 is 14.3 Å². The Morgan fingerprint density at radius 1 is 1.37 bits per heavy atom. The maximum absolute atomic E-state index is 13.7. The Morgan fingerprint density at radius 2 is 2.16 bits per heavy atom. The van der Waals surface area contributed by atoms with Gasteiger partial charge >= 0.3 is 0 Å². The second kappa shape index (κ2) is 5.66. The molecule has 0 aliphatic heterocycles. The van der Waals surface area contributed by atoms with E-state index in [1.54, 1.807) is 6.07 Å². The zero-order valence-electron chi connectivity index (χ0n) is 9.55. The lowest BCUT2D eigenvalue weighted by molar-refractivity contribution is 0.318. The standard InChI is InChI=1S/C12H9BrFN3O2/c13-7-1-2-10(9(14)5-7)19-11-6-16-4-3-8(11)12(15)17-18/h1-6,18H,(H2,15,17). The number of nitrogens with two attached hydrogens (primary N) is 1. The van der Waals surface area contributed by atoms with E-state index in [1.807, 2.05) is 0 Å². The SMILES string of the molecule is N/C(=N/O)c1ccncc1Oc1ccc(Br)cc1F. The summed E-state index contributed by atoms with van der Waals surface area (Å²) in [6.07, 6.45) is 2.81. The molecule has 0 bridgehead atoms. The summed E-state index contributed by atoms with van der Waals surface area (Å²) < 4.78 is 19.6. The van der Waals surface area contributed by atoms with Gasteiger partial charge in [0.1, 0.15) is 0 Å². The molecule has 0 saturated carbocycles. The molecule has 0 spiro atoms. The predicted molar refractivity (Wildman–Crippen MR) is 70.9 cm³/mol. The number of hydrogen-bond donors (Lipinski definition) is 2. The Balaban J connectivity index is 2.38. The van der Waals surface area contributed by atoms with Crippen molar-refractivity contribution in [1.29, 1.82) is 0 Å². The zero-order chi connectivity index (χ0) is 13.8. The Morgan fingerprint density at radius 3 is 2.84 bits per heavy atom. The third-order valence-electron chi connectivity index (χ3n) is 2.28. The van der Waals surface area contributed by atoms with Crippen LogP contribution in [0.4, 0.5) is 4.39 Å². The van der Waals surface area contributed by atoms with Crippen LogP contribution in [0, 0.1) is 5.82 Å². The molecule has 1 aromatic heterocycles. The first kappa shape index (κ1) is 13.3. The summed E-state index contributed by atoms with van der Waals surface area (Å²) in [5.41, 5.74) is 5.82. The van der Waals surface area contributed by atoms with Crippen LogP contribution >= 0.6 is 15.9 Å². The van der Waals surface area contributed by atoms with E-state index in [1.165, 1.54) is 30.6 Å². The molecule has 1 aromatic carbocycles. The van der Waals surface area contributed by atoms with Crippen LogP contribution in [-0.4, -0.2) is 16.0 Å². The second-order valence-electron chi connectivity index (χ2n) is 3.53. The first-order chi connectivity index (χ1) is 9.11. The summed E-state index contributed by atoms with van der Waals surface area (Å²) >= 11 is 3.15. The molecular weight excluding hydrogens is 317 g/mol. The molecular formula is C12H9BrFN3O2. The monoisotopic (exact) mass is 325 g/mol. The molecule has 0 saturated heterocycles. The van der Waals surface area contributed by atoms with Crippen LogP contribution < -0.4 is 10.5 Å². The van der Waals surface area contributed by atoms with Crippen molar-refractivity contribution in [3.8, 4) is 11.5 Å². The smallest absolute Gasteiger partial charge is 0.173 e. The average Bonchev–Trinajstić information content (AvgIpc) is 2.41. The molecule has 0 unspecified atom stereocenters. The molecule has 0 fully saturated rings. The van der Waals surface area contributed by atoms with Crippen LogP contribution in [0.3, 0.4) is 0 Å². The van der Waals surface area contributed by atoms with Crippen molar-refractivity contribution in [2.24, 2.45) is 10.9 Å². The molecule has 3 N–H and O–H groups in total. The van der Waals surface area contributed by atoms with Gasteiger partial charge in [0.25, 0.3) is 0 Å². The Bertz CT molecular complexity index is 634. The minimum atomic E-state index is -0.538. The number of aromatic nitrogens is 1. The van der Waals surface area contributed by atoms with Gasteiger partial charge in [0, 0.05) is 10.7 Å². The van der Waals surface area contributed by atoms with E-state index in [0.717, 1.165) is 0 Å². The normalized spacial score (nSPS) is 11.4. The van der Waals surface area contributed by atoms with E-state index < -0.39 is 5.82 Å².